The summed E-state index contributed by atoms with van der Waals surface area (Å²) in [4.78, 5) is 32.5. The van der Waals surface area contributed by atoms with E-state index in [2.05, 4.69) is 9.97 Å². The highest BCUT2D eigenvalue weighted by Gasteiger charge is 2.24. The Labute approximate surface area is 187 Å². The van der Waals surface area contributed by atoms with Crippen molar-refractivity contribution >= 4 is 34.0 Å². The van der Waals surface area contributed by atoms with Crippen LogP contribution in [0, 0.1) is 21.4 Å². The van der Waals surface area contributed by atoms with Crippen LogP contribution < -0.4 is 4.90 Å². The molecule has 1 fully saturated rings. The Morgan fingerprint density at radius 3 is 2.76 bits per heavy atom. The van der Waals surface area contributed by atoms with Gasteiger partial charge in [0.25, 0.3) is 5.69 Å². The number of nitriles is 1. The number of hydrogen-bond acceptors (Lipinski definition) is 9. The summed E-state index contributed by atoms with van der Waals surface area (Å²) in [6.45, 7) is 1.32. The van der Waals surface area contributed by atoms with E-state index in [4.69, 9.17) is 9.47 Å². The highest BCUT2D eigenvalue weighted by atomic mass is 16.6. The van der Waals surface area contributed by atoms with Gasteiger partial charge in [0, 0.05) is 19.2 Å². The van der Waals surface area contributed by atoms with Crippen LogP contribution in [0.3, 0.4) is 0 Å². The van der Waals surface area contributed by atoms with Crippen LogP contribution in [0.1, 0.15) is 16.2 Å². The lowest BCUT2D eigenvalue weighted by atomic mass is 10.1. The lowest BCUT2D eigenvalue weighted by Gasteiger charge is -2.28. The molecule has 11 nitrogen and oxygen atoms in total. The van der Waals surface area contributed by atoms with Gasteiger partial charge in [-0.2, -0.15) is 5.26 Å². The number of esters is 1. The van der Waals surface area contributed by atoms with Crippen molar-refractivity contribution in [3.05, 3.63) is 69.7 Å². The SMILES string of the molecule is N#C/C(=C(\O)COC(=O)c1ccc(N2CCOCC2)c([N+](=O)[O-])c1)c1nc2ccccc2[nH]1. The maximum atomic E-state index is 12.5. The summed E-state index contributed by atoms with van der Waals surface area (Å²) in [5, 5.41) is 31.4. The molecule has 1 aliphatic heterocycles. The fraction of sp³-hybridized carbons (Fsp3) is 0.227. The van der Waals surface area contributed by atoms with Crippen LogP contribution in [0.5, 0.6) is 0 Å². The zero-order valence-corrected chi connectivity index (χ0v) is 17.4. The quantitative estimate of drug-likeness (QED) is 0.190. The molecule has 0 amide bonds. The number of imidazole rings is 1. The number of carbonyl (C=O) groups excluding carboxylic acids is 1. The Morgan fingerprint density at radius 1 is 1.30 bits per heavy atom. The van der Waals surface area contributed by atoms with E-state index >= 15 is 0 Å². The number of carbonyl (C=O) groups is 1. The molecule has 1 aliphatic rings. The minimum absolute atomic E-state index is 0.0474. The van der Waals surface area contributed by atoms with Crippen molar-refractivity contribution < 1.29 is 24.3 Å². The number of aromatic amines is 1. The molecule has 0 unspecified atom stereocenters. The Morgan fingerprint density at radius 2 is 2.06 bits per heavy atom. The maximum Gasteiger partial charge on any atom is 0.338 e. The number of allylic oxidation sites excluding steroid dienone is 1. The summed E-state index contributed by atoms with van der Waals surface area (Å²) < 4.78 is 10.4. The second-order valence-corrected chi connectivity index (χ2v) is 7.17. The number of rotatable bonds is 6. The number of benzene rings is 2. The minimum Gasteiger partial charge on any atom is -0.507 e. The topological polar surface area (TPSA) is 155 Å². The van der Waals surface area contributed by atoms with E-state index in [9.17, 15) is 25.3 Å². The van der Waals surface area contributed by atoms with Crippen molar-refractivity contribution in [1.82, 2.24) is 9.97 Å². The summed E-state index contributed by atoms with van der Waals surface area (Å²) in [7, 11) is 0. The fourth-order valence-corrected chi connectivity index (χ4v) is 3.48. The third-order valence-corrected chi connectivity index (χ3v) is 5.13. The van der Waals surface area contributed by atoms with Gasteiger partial charge >= 0.3 is 5.97 Å². The van der Waals surface area contributed by atoms with Crippen LogP contribution in [0.15, 0.2) is 48.2 Å². The standard InChI is InChI=1S/C22H19N5O6/c23-12-15(21-24-16-3-1-2-4-17(16)25-21)20(28)13-33-22(29)14-5-6-18(19(11-14)27(30)31)26-7-9-32-10-8-26/h1-6,11,28H,7-10,13H2,(H,24,25)/b20-15+. The number of morpholine rings is 1. The van der Waals surface area contributed by atoms with Gasteiger partial charge in [-0.15, -0.1) is 0 Å². The number of aliphatic hydroxyl groups excluding tert-OH is 1. The Hall–Kier alpha value is -4.43. The van der Waals surface area contributed by atoms with Crippen LogP contribution in [-0.2, 0) is 9.47 Å². The number of fused-ring (bicyclic) bond motifs is 1. The van der Waals surface area contributed by atoms with E-state index in [0.717, 1.165) is 6.07 Å². The van der Waals surface area contributed by atoms with Crippen LogP contribution in [-0.4, -0.2) is 58.9 Å². The summed E-state index contributed by atoms with van der Waals surface area (Å²) in [6.07, 6.45) is 0. The monoisotopic (exact) mass is 449 g/mol. The van der Waals surface area contributed by atoms with Crippen molar-refractivity contribution in [1.29, 1.82) is 5.26 Å². The van der Waals surface area contributed by atoms with Gasteiger partial charge in [0.15, 0.2) is 11.6 Å². The third kappa shape index (κ3) is 4.60. The number of nitrogens with one attached hydrogen (secondary N) is 1. The molecular formula is C22H19N5O6. The molecule has 1 aromatic heterocycles. The molecular weight excluding hydrogens is 430 g/mol. The minimum atomic E-state index is -0.875. The molecule has 0 saturated carbocycles. The second-order valence-electron chi connectivity index (χ2n) is 7.17. The van der Waals surface area contributed by atoms with Crippen molar-refractivity contribution in [2.45, 2.75) is 0 Å². The van der Waals surface area contributed by atoms with Gasteiger partial charge in [0.1, 0.15) is 23.9 Å². The molecule has 168 valence electrons. The Kier molecular flexibility index (Phi) is 6.19. The number of hydrogen-bond donors (Lipinski definition) is 2. The number of H-pyrrole nitrogens is 1. The molecule has 2 heterocycles. The molecule has 3 aromatic rings. The van der Waals surface area contributed by atoms with Crippen molar-refractivity contribution in [2.24, 2.45) is 0 Å². The lowest BCUT2D eigenvalue weighted by molar-refractivity contribution is -0.384. The number of aromatic nitrogens is 2. The predicted molar refractivity (Wildman–Crippen MR) is 118 cm³/mol. The summed E-state index contributed by atoms with van der Waals surface area (Å²) in [6, 6.07) is 13.0. The molecule has 0 atom stereocenters. The first-order valence-electron chi connectivity index (χ1n) is 10.0. The van der Waals surface area contributed by atoms with E-state index in [1.165, 1.54) is 12.1 Å². The molecule has 0 radical (unpaired) electrons. The molecule has 1 saturated heterocycles. The number of aliphatic hydroxyl groups is 1. The molecule has 0 bridgehead atoms. The van der Waals surface area contributed by atoms with Crippen LogP contribution in [0.2, 0.25) is 0 Å². The number of para-hydroxylation sites is 2. The maximum absolute atomic E-state index is 12.5. The van der Waals surface area contributed by atoms with Crippen LogP contribution in [0.4, 0.5) is 11.4 Å². The average molecular weight is 449 g/mol. The van der Waals surface area contributed by atoms with E-state index in [0.29, 0.717) is 43.0 Å². The van der Waals surface area contributed by atoms with Crippen molar-refractivity contribution in [3.8, 4) is 6.07 Å². The Balaban J connectivity index is 1.52. The van der Waals surface area contributed by atoms with Gasteiger partial charge in [-0.05, 0) is 24.3 Å². The van der Waals surface area contributed by atoms with Crippen LogP contribution in [0.25, 0.3) is 16.6 Å². The first-order chi connectivity index (χ1) is 16.0. The van der Waals surface area contributed by atoms with Gasteiger partial charge in [0.2, 0.25) is 0 Å². The van der Waals surface area contributed by atoms with Gasteiger partial charge in [0.05, 0.1) is 34.7 Å². The molecule has 4 rings (SSSR count). The van der Waals surface area contributed by atoms with Crippen LogP contribution >= 0.6 is 0 Å². The highest BCUT2D eigenvalue weighted by molar-refractivity contribution is 5.92. The smallest absolute Gasteiger partial charge is 0.338 e. The number of anilines is 1. The van der Waals surface area contributed by atoms with E-state index < -0.39 is 23.3 Å². The number of nitro groups is 1. The van der Waals surface area contributed by atoms with Crippen molar-refractivity contribution in [2.75, 3.05) is 37.8 Å². The zero-order valence-electron chi connectivity index (χ0n) is 17.4. The molecule has 2 aromatic carbocycles. The molecule has 0 spiro atoms. The third-order valence-electron chi connectivity index (χ3n) is 5.13. The first kappa shape index (κ1) is 21.8. The Bertz CT molecular complexity index is 1250. The number of nitrogens with zero attached hydrogens (tertiary/aromatic N) is 4. The van der Waals surface area contributed by atoms with Gasteiger partial charge in [-0.3, -0.25) is 10.1 Å². The van der Waals surface area contributed by atoms with Gasteiger partial charge in [-0.1, -0.05) is 12.1 Å². The molecule has 11 heteroatoms. The highest BCUT2D eigenvalue weighted by Crippen LogP contribution is 2.30. The van der Waals surface area contributed by atoms with E-state index in [1.807, 2.05) is 11.0 Å². The summed E-state index contributed by atoms with van der Waals surface area (Å²) in [5.41, 5.74) is 1.22. The summed E-state index contributed by atoms with van der Waals surface area (Å²) in [5.74, 6) is -1.23. The van der Waals surface area contributed by atoms with E-state index in [1.54, 1.807) is 24.3 Å². The summed E-state index contributed by atoms with van der Waals surface area (Å²) >= 11 is 0. The molecule has 2 N–H and O–H groups in total. The number of nitro benzene ring substituents is 1. The fourth-order valence-electron chi connectivity index (χ4n) is 3.48. The lowest BCUT2D eigenvalue weighted by Crippen LogP contribution is -2.36. The first-order valence-corrected chi connectivity index (χ1v) is 10.0. The van der Waals surface area contributed by atoms with E-state index in [-0.39, 0.29) is 22.6 Å². The second kappa shape index (κ2) is 9.37. The molecule has 0 aliphatic carbocycles. The largest absolute Gasteiger partial charge is 0.507 e. The predicted octanol–water partition coefficient (Wildman–Crippen LogP) is 2.96. The average Bonchev–Trinajstić information content (AvgIpc) is 3.26. The number of ether oxygens (including phenoxy) is 2. The zero-order chi connectivity index (χ0) is 23.4. The van der Waals surface area contributed by atoms with Gasteiger partial charge in [-0.25, -0.2) is 9.78 Å². The van der Waals surface area contributed by atoms with Gasteiger partial charge < -0.3 is 24.5 Å². The van der Waals surface area contributed by atoms with Crippen molar-refractivity contribution in [3.63, 3.8) is 0 Å². The normalized spacial score (nSPS) is 14.5. The molecule has 33 heavy (non-hydrogen) atoms.